The van der Waals surface area contributed by atoms with Crippen LogP contribution in [-0.4, -0.2) is 30.9 Å². The zero-order chi connectivity index (χ0) is 13.1. The molecule has 1 fully saturated rings. The van der Waals surface area contributed by atoms with E-state index in [0.29, 0.717) is 5.92 Å². The van der Waals surface area contributed by atoms with Gasteiger partial charge in [-0.2, -0.15) is 0 Å². The smallest absolute Gasteiger partial charge is 0.227 e. The Balaban J connectivity index is 2.07. The molecule has 1 heterocycles. The van der Waals surface area contributed by atoms with E-state index in [4.69, 9.17) is 0 Å². The first kappa shape index (κ1) is 13.1. The third-order valence-corrected chi connectivity index (χ3v) is 4.05. The lowest BCUT2D eigenvalue weighted by Gasteiger charge is -2.29. The van der Waals surface area contributed by atoms with Crippen molar-refractivity contribution in [1.82, 2.24) is 10.2 Å². The molecule has 1 aromatic carbocycles. The number of amides is 1. The van der Waals surface area contributed by atoms with Crippen molar-refractivity contribution in [2.24, 2.45) is 11.8 Å². The van der Waals surface area contributed by atoms with Crippen LogP contribution in [0.3, 0.4) is 0 Å². The van der Waals surface area contributed by atoms with E-state index in [2.05, 4.69) is 31.3 Å². The Morgan fingerprint density at radius 2 is 2.00 bits per heavy atom. The summed E-state index contributed by atoms with van der Waals surface area (Å²) in [6.07, 6.45) is 0. The second-order valence-corrected chi connectivity index (χ2v) is 5.28. The van der Waals surface area contributed by atoms with E-state index in [1.165, 1.54) is 5.56 Å². The van der Waals surface area contributed by atoms with Crippen LogP contribution in [0.2, 0.25) is 0 Å². The van der Waals surface area contributed by atoms with Gasteiger partial charge in [0.1, 0.15) is 0 Å². The number of carbonyl (C=O) groups is 1. The molecule has 0 aliphatic carbocycles. The molecule has 1 amide bonds. The van der Waals surface area contributed by atoms with E-state index in [0.717, 1.165) is 13.1 Å². The predicted molar refractivity (Wildman–Crippen MR) is 73.2 cm³/mol. The number of carbonyl (C=O) groups excluding carboxylic acids is 1. The Kier molecular flexibility index (Phi) is 4.02. The summed E-state index contributed by atoms with van der Waals surface area (Å²) in [6, 6.07) is 10.3. The number of nitrogens with zero attached hydrogens (tertiary/aromatic N) is 1. The van der Waals surface area contributed by atoms with Crippen molar-refractivity contribution in [3.8, 4) is 0 Å². The van der Waals surface area contributed by atoms with Crippen LogP contribution < -0.4 is 5.32 Å². The van der Waals surface area contributed by atoms with Gasteiger partial charge in [0.05, 0.1) is 12.0 Å². The average molecular weight is 246 g/mol. The van der Waals surface area contributed by atoms with Gasteiger partial charge in [-0.25, -0.2) is 0 Å². The highest BCUT2D eigenvalue weighted by Crippen LogP contribution is 2.24. The maximum atomic E-state index is 12.5. The number of hydrogen-bond donors (Lipinski definition) is 1. The molecule has 1 aliphatic heterocycles. The molecular formula is C15H22N2O. The van der Waals surface area contributed by atoms with E-state index in [9.17, 15) is 4.79 Å². The van der Waals surface area contributed by atoms with Crippen molar-refractivity contribution in [1.29, 1.82) is 0 Å². The highest BCUT2D eigenvalue weighted by atomic mass is 16.2. The molecule has 98 valence electrons. The quantitative estimate of drug-likeness (QED) is 0.885. The molecule has 1 saturated heterocycles. The van der Waals surface area contributed by atoms with Crippen molar-refractivity contribution in [2.45, 2.75) is 19.9 Å². The molecule has 1 aromatic rings. The van der Waals surface area contributed by atoms with Crippen LogP contribution in [0.15, 0.2) is 30.3 Å². The number of nitrogens with one attached hydrogen (secondary N) is 1. The van der Waals surface area contributed by atoms with E-state index in [1.807, 2.05) is 30.1 Å². The Bertz CT molecular complexity index is 404. The second kappa shape index (κ2) is 5.53. The van der Waals surface area contributed by atoms with Crippen LogP contribution in [0.4, 0.5) is 0 Å². The van der Waals surface area contributed by atoms with Gasteiger partial charge in [-0.05, 0) is 24.9 Å². The Hall–Kier alpha value is -1.35. The lowest BCUT2D eigenvalue weighted by molar-refractivity contribution is -0.136. The molecule has 3 nitrogen and oxygen atoms in total. The van der Waals surface area contributed by atoms with Gasteiger partial charge in [-0.3, -0.25) is 4.79 Å². The fourth-order valence-electron chi connectivity index (χ4n) is 2.55. The first-order valence-corrected chi connectivity index (χ1v) is 6.63. The molecule has 0 radical (unpaired) electrons. The lowest BCUT2D eigenvalue weighted by atomic mass is 9.95. The number of rotatable bonds is 3. The predicted octanol–water partition coefficient (Wildman–Crippen LogP) is 2.06. The molecule has 0 saturated carbocycles. The van der Waals surface area contributed by atoms with Crippen molar-refractivity contribution < 1.29 is 4.79 Å². The fraction of sp³-hybridized carbons (Fsp3) is 0.533. The molecule has 2 rings (SSSR count). The van der Waals surface area contributed by atoms with Gasteiger partial charge in [-0.15, -0.1) is 0 Å². The van der Waals surface area contributed by atoms with Gasteiger partial charge in [0.25, 0.3) is 0 Å². The Morgan fingerprint density at radius 3 is 2.56 bits per heavy atom. The van der Waals surface area contributed by atoms with E-state index >= 15 is 0 Å². The molecule has 0 aromatic heterocycles. The van der Waals surface area contributed by atoms with Crippen molar-refractivity contribution >= 4 is 5.91 Å². The molecule has 1 aliphatic rings. The van der Waals surface area contributed by atoms with E-state index in [-0.39, 0.29) is 17.9 Å². The minimum Gasteiger partial charge on any atom is -0.339 e. The van der Waals surface area contributed by atoms with Crippen LogP contribution in [-0.2, 0) is 4.79 Å². The van der Waals surface area contributed by atoms with Crippen LogP contribution >= 0.6 is 0 Å². The van der Waals surface area contributed by atoms with Crippen molar-refractivity contribution in [3.05, 3.63) is 35.9 Å². The minimum atomic E-state index is 0.126. The Morgan fingerprint density at radius 1 is 1.33 bits per heavy atom. The second-order valence-electron chi connectivity index (χ2n) is 5.28. The molecule has 0 bridgehead atoms. The summed E-state index contributed by atoms with van der Waals surface area (Å²) in [4.78, 5) is 14.3. The zero-order valence-electron chi connectivity index (χ0n) is 11.4. The summed E-state index contributed by atoms with van der Waals surface area (Å²) in [5.74, 6) is 0.813. The van der Waals surface area contributed by atoms with Gasteiger partial charge in [-0.1, -0.05) is 37.3 Å². The molecule has 3 unspecified atom stereocenters. The van der Waals surface area contributed by atoms with Gasteiger partial charge in [0.15, 0.2) is 0 Å². The molecule has 18 heavy (non-hydrogen) atoms. The van der Waals surface area contributed by atoms with Crippen LogP contribution in [0, 0.1) is 11.8 Å². The first-order chi connectivity index (χ1) is 8.61. The standard InChI is InChI=1S/C15H22N2O/c1-11-9-16-10-14(11)15(18)17(3)12(2)13-7-5-4-6-8-13/h4-8,11-12,14,16H,9-10H2,1-3H3. The maximum absolute atomic E-state index is 12.5. The average Bonchev–Trinajstić information content (AvgIpc) is 2.83. The summed E-state index contributed by atoms with van der Waals surface area (Å²) in [5, 5.41) is 3.29. The first-order valence-electron chi connectivity index (χ1n) is 6.63. The van der Waals surface area contributed by atoms with Crippen LogP contribution in [0.25, 0.3) is 0 Å². The van der Waals surface area contributed by atoms with Gasteiger partial charge >= 0.3 is 0 Å². The minimum absolute atomic E-state index is 0.126. The highest BCUT2D eigenvalue weighted by Gasteiger charge is 2.33. The third kappa shape index (κ3) is 2.56. The van der Waals surface area contributed by atoms with Crippen LogP contribution in [0.5, 0.6) is 0 Å². The maximum Gasteiger partial charge on any atom is 0.227 e. The van der Waals surface area contributed by atoms with E-state index < -0.39 is 0 Å². The monoisotopic (exact) mass is 246 g/mol. The summed E-state index contributed by atoms with van der Waals surface area (Å²) in [5.41, 5.74) is 1.19. The zero-order valence-corrected chi connectivity index (χ0v) is 11.4. The number of hydrogen-bond acceptors (Lipinski definition) is 2. The normalized spacial score (nSPS) is 24.8. The van der Waals surface area contributed by atoms with Crippen molar-refractivity contribution in [2.75, 3.05) is 20.1 Å². The molecule has 3 atom stereocenters. The molecule has 3 heteroatoms. The Labute approximate surface area is 109 Å². The summed E-state index contributed by atoms with van der Waals surface area (Å²) in [6.45, 7) is 5.99. The number of benzene rings is 1. The molecule has 1 N–H and O–H groups in total. The highest BCUT2D eigenvalue weighted by molar-refractivity contribution is 5.80. The van der Waals surface area contributed by atoms with Gasteiger partial charge in [0, 0.05) is 13.6 Å². The summed E-state index contributed by atoms with van der Waals surface area (Å²) < 4.78 is 0. The lowest BCUT2D eigenvalue weighted by Crippen LogP contribution is -2.37. The SMILES string of the molecule is CC1CNCC1C(=O)N(C)C(C)c1ccccc1. The van der Waals surface area contributed by atoms with Gasteiger partial charge in [0.2, 0.25) is 5.91 Å². The molecule has 0 spiro atoms. The van der Waals surface area contributed by atoms with Crippen molar-refractivity contribution in [3.63, 3.8) is 0 Å². The van der Waals surface area contributed by atoms with E-state index in [1.54, 1.807) is 0 Å². The molecular weight excluding hydrogens is 224 g/mol. The fourth-order valence-corrected chi connectivity index (χ4v) is 2.55. The topological polar surface area (TPSA) is 32.3 Å². The third-order valence-electron chi connectivity index (χ3n) is 4.05. The largest absolute Gasteiger partial charge is 0.339 e. The van der Waals surface area contributed by atoms with Gasteiger partial charge < -0.3 is 10.2 Å². The summed E-state index contributed by atoms with van der Waals surface area (Å²) >= 11 is 0. The van der Waals surface area contributed by atoms with Crippen LogP contribution in [0.1, 0.15) is 25.5 Å². The summed E-state index contributed by atoms with van der Waals surface area (Å²) in [7, 11) is 1.91.